The second-order valence-corrected chi connectivity index (χ2v) is 9.11. The fraction of sp³-hybridized carbons (Fsp3) is 0.462. The van der Waals surface area contributed by atoms with Gasteiger partial charge in [-0.1, -0.05) is 12.1 Å². The van der Waals surface area contributed by atoms with Crippen molar-refractivity contribution in [1.29, 1.82) is 0 Å². The van der Waals surface area contributed by atoms with Gasteiger partial charge >= 0.3 is 0 Å². The first-order chi connectivity index (χ1) is 15.5. The van der Waals surface area contributed by atoms with Crippen LogP contribution in [0.25, 0.3) is 0 Å². The van der Waals surface area contributed by atoms with Gasteiger partial charge in [-0.15, -0.1) is 0 Å². The van der Waals surface area contributed by atoms with E-state index in [1.807, 2.05) is 44.2 Å². The number of hydrogen-bond acceptors (Lipinski definition) is 4. The Morgan fingerprint density at radius 2 is 1.69 bits per heavy atom. The van der Waals surface area contributed by atoms with E-state index in [-0.39, 0.29) is 11.8 Å². The number of carbonyl (C=O) groups is 2. The molecule has 4 rings (SSSR count). The van der Waals surface area contributed by atoms with E-state index in [0.717, 1.165) is 48.4 Å². The fourth-order valence-corrected chi connectivity index (χ4v) is 4.27. The number of aryl methyl sites for hydroxylation is 2. The van der Waals surface area contributed by atoms with Crippen LogP contribution in [-0.2, 0) is 9.59 Å². The molecule has 6 nitrogen and oxygen atoms in total. The van der Waals surface area contributed by atoms with Crippen LogP contribution >= 0.6 is 0 Å². The van der Waals surface area contributed by atoms with E-state index in [4.69, 9.17) is 0 Å². The van der Waals surface area contributed by atoms with Crippen LogP contribution in [0.2, 0.25) is 0 Å². The second kappa shape index (κ2) is 10.2. The highest BCUT2D eigenvalue weighted by molar-refractivity contribution is 5.93. The summed E-state index contributed by atoms with van der Waals surface area (Å²) in [5.74, 6) is -0.0389. The molecule has 1 aliphatic heterocycles. The van der Waals surface area contributed by atoms with Crippen LogP contribution in [0, 0.1) is 13.8 Å². The number of amides is 2. The summed E-state index contributed by atoms with van der Waals surface area (Å²) in [6, 6.07) is 14.6. The van der Waals surface area contributed by atoms with Gasteiger partial charge in [-0.2, -0.15) is 0 Å². The van der Waals surface area contributed by atoms with E-state index >= 15 is 0 Å². The molecule has 1 saturated carbocycles. The number of anilines is 3. The zero-order chi connectivity index (χ0) is 22.5. The SMILES string of the molecule is Cc1ccc(C)c(NC(=O)CN(CCC(=O)Nc2ccc(N3CCCC3)cc2)C2CC2)c1. The van der Waals surface area contributed by atoms with Crippen LogP contribution in [-0.4, -0.2) is 48.9 Å². The molecule has 2 aromatic carbocycles. The lowest BCUT2D eigenvalue weighted by Gasteiger charge is -2.21. The third-order valence-electron chi connectivity index (χ3n) is 6.33. The minimum absolute atomic E-state index is 0.0143. The summed E-state index contributed by atoms with van der Waals surface area (Å²) >= 11 is 0. The van der Waals surface area contributed by atoms with E-state index in [1.54, 1.807) is 0 Å². The van der Waals surface area contributed by atoms with Crippen LogP contribution in [0.15, 0.2) is 42.5 Å². The Bertz CT molecular complexity index is 947. The molecule has 0 radical (unpaired) electrons. The molecule has 0 spiro atoms. The number of carbonyl (C=O) groups excluding carboxylic acids is 2. The van der Waals surface area contributed by atoms with Crippen LogP contribution < -0.4 is 15.5 Å². The van der Waals surface area contributed by atoms with Gasteiger partial charge in [-0.25, -0.2) is 0 Å². The van der Waals surface area contributed by atoms with Crippen molar-refractivity contribution in [3.63, 3.8) is 0 Å². The highest BCUT2D eigenvalue weighted by Crippen LogP contribution is 2.27. The zero-order valence-corrected chi connectivity index (χ0v) is 19.2. The van der Waals surface area contributed by atoms with Crippen LogP contribution in [0.1, 0.15) is 43.2 Å². The van der Waals surface area contributed by atoms with Crippen molar-refractivity contribution in [2.75, 3.05) is 41.7 Å². The molecular formula is C26H34N4O2. The zero-order valence-electron chi connectivity index (χ0n) is 19.2. The Kier molecular flexibility index (Phi) is 7.10. The normalized spacial score (nSPS) is 15.8. The van der Waals surface area contributed by atoms with Gasteiger partial charge in [0.15, 0.2) is 0 Å². The first kappa shape index (κ1) is 22.3. The molecule has 170 valence electrons. The molecule has 2 aliphatic rings. The number of hydrogen-bond donors (Lipinski definition) is 2. The highest BCUT2D eigenvalue weighted by Gasteiger charge is 2.30. The lowest BCUT2D eigenvalue weighted by molar-refractivity contribution is -0.119. The highest BCUT2D eigenvalue weighted by atomic mass is 16.2. The molecule has 6 heteroatoms. The monoisotopic (exact) mass is 434 g/mol. The molecule has 0 unspecified atom stereocenters. The number of benzene rings is 2. The van der Waals surface area contributed by atoms with E-state index in [0.29, 0.717) is 25.6 Å². The molecule has 1 heterocycles. The van der Waals surface area contributed by atoms with E-state index in [9.17, 15) is 9.59 Å². The van der Waals surface area contributed by atoms with Gasteiger partial charge in [0.25, 0.3) is 0 Å². The molecule has 1 aliphatic carbocycles. The lowest BCUT2D eigenvalue weighted by Crippen LogP contribution is -2.37. The topological polar surface area (TPSA) is 64.7 Å². The van der Waals surface area contributed by atoms with Crippen LogP contribution in [0.5, 0.6) is 0 Å². The summed E-state index contributed by atoms with van der Waals surface area (Å²) in [6.07, 6.45) is 5.06. The third-order valence-corrected chi connectivity index (χ3v) is 6.33. The first-order valence-electron chi connectivity index (χ1n) is 11.7. The predicted molar refractivity (Wildman–Crippen MR) is 130 cm³/mol. The summed E-state index contributed by atoms with van der Waals surface area (Å²) in [7, 11) is 0. The van der Waals surface area contributed by atoms with Gasteiger partial charge in [0.1, 0.15) is 0 Å². The maximum Gasteiger partial charge on any atom is 0.238 e. The average Bonchev–Trinajstić information content (AvgIpc) is 3.48. The maximum absolute atomic E-state index is 12.6. The molecule has 0 atom stereocenters. The van der Waals surface area contributed by atoms with Crippen molar-refractivity contribution >= 4 is 28.9 Å². The van der Waals surface area contributed by atoms with Crippen LogP contribution in [0.4, 0.5) is 17.1 Å². The van der Waals surface area contributed by atoms with Crippen molar-refractivity contribution in [2.24, 2.45) is 0 Å². The summed E-state index contributed by atoms with van der Waals surface area (Å²) in [4.78, 5) is 29.7. The van der Waals surface area contributed by atoms with Gasteiger partial charge in [0.2, 0.25) is 11.8 Å². The van der Waals surface area contributed by atoms with E-state index in [2.05, 4.69) is 32.6 Å². The van der Waals surface area contributed by atoms with Gasteiger partial charge in [-0.3, -0.25) is 14.5 Å². The standard InChI is InChI=1S/C26H34N4O2/c1-19-5-6-20(2)24(17-19)28-26(32)18-30(23-11-12-23)16-13-25(31)27-21-7-9-22(10-8-21)29-14-3-4-15-29/h5-10,17,23H,3-4,11-16,18H2,1-2H3,(H,27,31)(H,28,32). The Balaban J connectivity index is 1.25. The minimum atomic E-state index is -0.0245. The van der Waals surface area contributed by atoms with Gasteiger partial charge in [-0.05, 0) is 81.0 Å². The van der Waals surface area contributed by atoms with Crippen molar-refractivity contribution in [2.45, 2.75) is 52.0 Å². The molecule has 0 aromatic heterocycles. The molecule has 0 bridgehead atoms. The summed E-state index contributed by atoms with van der Waals surface area (Å²) in [6.45, 7) is 7.14. The summed E-state index contributed by atoms with van der Waals surface area (Å²) in [5.41, 5.74) is 5.08. The van der Waals surface area contributed by atoms with E-state index < -0.39 is 0 Å². The predicted octanol–water partition coefficient (Wildman–Crippen LogP) is 4.34. The summed E-state index contributed by atoms with van der Waals surface area (Å²) in [5, 5.41) is 6.03. The molecule has 2 N–H and O–H groups in total. The molecule has 1 saturated heterocycles. The van der Waals surface area contributed by atoms with Crippen molar-refractivity contribution in [3.8, 4) is 0 Å². The number of rotatable bonds is 9. The average molecular weight is 435 g/mol. The lowest BCUT2D eigenvalue weighted by atomic mass is 10.1. The Hall–Kier alpha value is -2.86. The van der Waals surface area contributed by atoms with Gasteiger partial charge < -0.3 is 15.5 Å². The smallest absolute Gasteiger partial charge is 0.238 e. The Morgan fingerprint density at radius 3 is 2.38 bits per heavy atom. The summed E-state index contributed by atoms with van der Waals surface area (Å²) < 4.78 is 0. The molecule has 2 fully saturated rings. The molecule has 32 heavy (non-hydrogen) atoms. The Labute approximate surface area is 191 Å². The van der Waals surface area contributed by atoms with Crippen LogP contribution in [0.3, 0.4) is 0 Å². The second-order valence-electron chi connectivity index (χ2n) is 9.11. The molecule has 2 amide bonds. The maximum atomic E-state index is 12.6. The Morgan fingerprint density at radius 1 is 0.969 bits per heavy atom. The van der Waals surface area contributed by atoms with Crippen molar-refractivity contribution in [3.05, 3.63) is 53.6 Å². The largest absolute Gasteiger partial charge is 0.372 e. The minimum Gasteiger partial charge on any atom is -0.372 e. The van der Waals surface area contributed by atoms with Gasteiger partial charge in [0, 0.05) is 49.2 Å². The first-order valence-corrected chi connectivity index (χ1v) is 11.7. The third kappa shape index (κ3) is 6.10. The quantitative estimate of drug-likeness (QED) is 0.616. The number of nitrogens with one attached hydrogen (secondary N) is 2. The van der Waals surface area contributed by atoms with Gasteiger partial charge in [0.05, 0.1) is 6.54 Å². The number of nitrogens with zero attached hydrogens (tertiary/aromatic N) is 2. The fourth-order valence-electron chi connectivity index (χ4n) is 4.27. The van der Waals surface area contributed by atoms with Crippen molar-refractivity contribution in [1.82, 2.24) is 4.90 Å². The van der Waals surface area contributed by atoms with Crippen molar-refractivity contribution < 1.29 is 9.59 Å². The molecule has 2 aromatic rings. The van der Waals surface area contributed by atoms with E-state index in [1.165, 1.54) is 18.5 Å². The molecular weight excluding hydrogens is 400 g/mol.